The summed E-state index contributed by atoms with van der Waals surface area (Å²) in [7, 11) is 0. The molecule has 3 nitrogen and oxygen atoms in total. The predicted octanol–water partition coefficient (Wildman–Crippen LogP) is 1.49. The Morgan fingerprint density at radius 2 is 2.13 bits per heavy atom. The van der Waals surface area contributed by atoms with Crippen LogP contribution in [-0.4, -0.2) is 24.2 Å². The van der Waals surface area contributed by atoms with Crippen molar-refractivity contribution in [1.82, 2.24) is 5.32 Å². The number of hydrogen-bond acceptors (Lipinski definition) is 2. The van der Waals surface area contributed by atoms with Crippen LogP contribution in [-0.2, 0) is 4.79 Å². The number of carbonyl (C=O) groups is 1. The van der Waals surface area contributed by atoms with E-state index in [1.807, 2.05) is 0 Å². The fourth-order valence-electron chi connectivity index (χ4n) is 3.94. The van der Waals surface area contributed by atoms with Gasteiger partial charge in [0.2, 0.25) is 0 Å². The third-order valence-electron chi connectivity index (χ3n) is 4.92. The molecule has 0 radical (unpaired) electrons. The maximum atomic E-state index is 11.3. The van der Waals surface area contributed by atoms with E-state index < -0.39 is 11.4 Å². The lowest BCUT2D eigenvalue weighted by molar-refractivity contribution is -0.154. The van der Waals surface area contributed by atoms with Crippen LogP contribution in [0.5, 0.6) is 0 Å². The second-order valence-corrected chi connectivity index (χ2v) is 5.83. The summed E-state index contributed by atoms with van der Waals surface area (Å²) in [5.74, 6) is 1.91. The first-order valence-electron chi connectivity index (χ1n) is 6.14. The molecule has 3 unspecified atom stereocenters. The lowest BCUT2D eigenvalue weighted by Crippen LogP contribution is -2.59. The summed E-state index contributed by atoms with van der Waals surface area (Å²) in [5, 5.41) is 12.4. The summed E-state index contributed by atoms with van der Waals surface area (Å²) >= 11 is 0. The fraction of sp³-hybridized carbons (Fsp3) is 0.917. The summed E-state index contributed by atoms with van der Waals surface area (Å²) in [5.41, 5.74) is -0.408. The van der Waals surface area contributed by atoms with Crippen LogP contribution in [0.25, 0.3) is 0 Å². The molecule has 0 amide bonds. The van der Waals surface area contributed by atoms with Crippen molar-refractivity contribution in [2.75, 3.05) is 13.1 Å². The largest absolute Gasteiger partial charge is 0.481 e. The van der Waals surface area contributed by atoms with Crippen molar-refractivity contribution in [2.24, 2.45) is 23.2 Å². The first-order chi connectivity index (χ1) is 7.20. The molecule has 3 atom stereocenters. The van der Waals surface area contributed by atoms with Crippen LogP contribution in [0.4, 0.5) is 0 Å². The Bertz CT molecular complexity index is 285. The molecule has 3 rings (SSSR count). The van der Waals surface area contributed by atoms with Gasteiger partial charge in [-0.1, -0.05) is 6.42 Å². The minimum atomic E-state index is -0.580. The summed E-state index contributed by atoms with van der Waals surface area (Å²) in [6.45, 7) is 1.38. The van der Waals surface area contributed by atoms with Crippen LogP contribution in [0.15, 0.2) is 0 Å². The SMILES string of the molecule is O=C(O)C1(CC2CC3CCC2C3)CNC1. The number of rotatable bonds is 3. The van der Waals surface area contributed by atoms with Gasteiger partial charge in [-0.25, -0.2) is 0 Å². The lowest BCUT2D eigenvalue weighted by atomic mass is 9.70. The van der Waals surface area contributed by atoms with Crippen molar-refractivity contribution in [3.05, 3.63) is 0 Å². The average molecular weight is 209 g/mol. The van der Waals surface area contributed by atoms with Gasteiger partial charge in [0.05, 0.1) is 5.41 Å². The Morgan fingerprint density at radius 3 is 2.53 bits per heavy atom. The second kappa shape index (κ2) is 3.21. The van der Waals surface area contributed by atoms with Crippen molar-refractivity contribution >= 4 is 5.97 Å². The molecule has 1 aliphatic heterocycles. The second-order valence-electron chi connectivity index (χ2n) is 5.83. The van der Waals surface area contributed by atoms with E-state index in [2.05, 4.69) is 5.32 Å². The van der Waals surface area contributed by atoms with Gasteiger partial charge < -0.3 is 10.4 Å². The van der Waals surface area contributed by atoms with Crippen LogP contribution < -0.4 is 5.32 Å². The Balaban J connectivity index is 1.67. The molecule has 0 aromatic carbocycles. The normalized spacial score (nSPS) is 41.5. The first kappa shape index (κ1) is 9.64. The molecule has 3 aliphatic rings. The first-order valence-corrected chi connectivity index (χ1v) is 6.14. The maximum Gasteiger partial charge on any atom is 0.312 e. The van der Waals surface area contributed by atoms with Gasteiger partial charge >= 0.3 is 5.97 Å². The van der Waals surface area contributed by atoms with Crippen molar-refractivity contribution in [3.8, 4) is 0 Å². The van der Waals surface area contributed by atoms with E-state index in [-0.39, 0.29) is 0 Å². The number of hydrogen-bond donors (Lipinski definition) is 2. The number of carboxylic acid groups (broad SMARTS) is 1. The van der Waals surface area contributed by atoms with E-state index in [0.29, 0.717) is 19.0 Å². The molecule has 2 bridgehead atoms. The van der Waals surface area contributed by atoms with Gasteiger partial charge in [-0.2, -0.15) is 0 Å². The summed E-state index contributed by atoms with van der Waals surface area (Å²) in [4.78, 5) is 11.3. The molecular formula is C12H19NO2. The third kappa shape index (κ3) is 1.40. The molecule has 0 aromatic rings. The van der Waals surface area contributed by atoms with Crippen molar-refractivity contribution in [3.63, 3.8) is 0 Å². The van der Waals surface area contributed by atoms with E-state index in [9.17, 15) is 9.90 Å². The average Bonchev–Trinajstić information content (AvgIpc) is 2.71. The number of fused-ring (bicyclic) bond motifs is 2. The van der Waals surface area contributed by atoms with Crippen LogP contribution >= 0.6 is 0 Å². The zero-order valence-corrected chi connectivity index (χ0v) is 9.04. The zero-order chi connectivity index (χ0) is 10.5. The van der Waals surface area contributed by atoms with Gasteiger partial charge in [-0.05, 0) is 43.4 Å². The van der Waals surface area contributed by atoms with Crippen molar-refractivity contribution in [1.29, 1.82) is 0 Å². The molecule has 0 spiro atoms. The van der Waals surface area contributed by atoms with Crippen molar-refractivity contribution < 1.29 is 9.90 Å². The molecular weight excluding hydrogens is 190 g/mol. The van der Waals surface area contributed by atoms with Crippen LogP contribution in [0.1, 0.15) is 32.1 Å². The molecule has 0 aromatic heterocycles. The fourth-order valence-corrected chi connectivity index (χ4v) is 3.94. The number of aliphatic carboxylic acids is 1. The predicted molar refractivity (Wildman–Crippen MR) is 56.5 cm³/mol. The molecule has 3 fully saturated rings. The quantitative estimate of drug-likeness (QED) is 0.740. The van der Waals surface area contributed by atoms with Gasteiger partial charge in [0.1, 0.15) is 0 Å². The molecule has 2 aliphatic carbocycles. The lowest BCUT2D eigenvalue weighted by Gasteiger charge is -2.41. The molecule has 84 valence electrons. The standard InChI is InChI=1S/C12H19NO2/c14-11(15)12(6-13-7-12)5-10-4-8-1-2-9(10)3-8/h8-10,13H,1-7H2,(H,14,15). The van der Waals surface area contributed by atoms with E-state index in [1.165, 1.54) is 25.7 Å². The Kier molecular flexibility index (Phi) is 2.06. The number of nitrogens with one attached hydrogen (secondary N) is 1. The molecule has 15 heavy (non-hydrogen) atoms. The monoisotopic (exact) mass is 209 g/mol. The van der Waals surface area contributed by atoms with Crippen LogP contribution in [0.2, 0.25) is 0 Å². The molecule has 3 heteroatoms. The highest BCUT2D eigenvalue weighted by Gasteiger charge is 2.50. The highest BCUT2D eigenvalue weighted by atomic mass is 16.4. The van der Waals surface area contributed by atoms with Gasteiger partial charge in [0, 0.05) is 13.1 Å². The highest BCUT2D eigenvalue weighted by Crippen LogP contribution is 2.52. The Labute approximate surface area is 90.2 Å². The summed E-state index contributed by atoms with van der Waals surface area (Å²) < 4.78 is 0. The molecule has 2 saturated carbocycles. The Morgan fingerprint density at radius 1 is 1.33 bits per heavy atom. The zero-order valence-electron chi connectivity index (χ0n) is 9.04. The minimum absolute atomic E-state index is 0.408. The molecule has 1 heterocycles. The summed E-state index contributed by atoms with van der Waals surface area (Å²) in [6.07, 6.45) is 6.38. The van der Waals surface area contributed by atoms with E-state index >= 15 is 0 Å². The van der Waals surface area contributed by atoms with Gasteiger partial charge in [-0.15, -0.1) is 0 Å². The maximum absolute atomic E-state index is 11.3. The van der Waals surface area contributed by atoms with Crippen molar-refractivity contribution in [2.45, 2.75) is 32.1 Å². The molecule has 2 N–H and O–H groups in total. The van der Waals surface area contributed by atoms with Gasteiger partial charge in [-0.3, -0.25) is 4.79 Å². The minimum Gasteiger partial charge on any atom is -0.481 e. The van der Waals surface area contributed by atoms with Crippen LogP contribution in [0, 0.1) is 23.2 Å². The summed E-state index contributed by atoms with van der Waals surface area (Å²) in [6, 6.07) is 0. The highest BCUT2D eigenvalue weighted by molar-refractivity contribution is 5.76. The van der Waals surface area contributed by atoms with E-state index in [0.717, 1.165) is 18.3 Å². The smallest absolute Gasteiger partial charge is 0.312 e. The topological polar surface area (TPSA) is 49.3 Å². The van der Waals surface area contributed by atoms with E-state index in [1.54, 1.807) is 0 Å². The molecule has 1 saturated heterocycles. The van der Waals surface area contributed by atoms with Gasteiger partial charge in [0.25, 0.3) is 0 Å². The van der Waals surface area contributed by atoms with Crippen LogP contribution in [0.3, 0.4) is 0 Å². The number of carboxylic acids is 1. The van der Waals surface area contributed by atoms with E-state index in [4.69, 9.17) is 0 Å². The van der Waals surface area contributed by atoms with Gasteiger partial charge in [0.15, 0.2) is 0 Å². The third-order valence-corrected chi connectivity index (χ3v) is 4.92. The Hall–Kier alpha value is -0.570.